The van der Waals surface area contributed by atoms with Crippen LogP contribution < -0.4 is 5.32 Å². The van der Waals surface area contributed by atoms with E-state index in [1.165, 1.54) is 18.7 Å². The van der Waals surface area contributed by atoms with Crippen molar-refractivity contribution in [3.05, 3.63) is 17.7 Å². The Bertz CT molecular complexity index is 382. The molecule has 0 amide bonds. The van der Waals surface area contributed by atoms with Gasteiger partial charge < -0.3 is 15.0 Å². The van der Waals surface area contributed by atoms with Crippen molar-refractivity contribution < 1.29 is 5.11 Å². The van der Waals surface area contributed by atoms with Gasteiger partial charge in [0.1, 0.15) is 5.82 Å². The smallest absolute Gasteiger partial charge is 0.109 e. The fraction of sp³-hybridized carbons (Fsp3) is 0.769. The van der Waals surface area contributed by atoms with Gasteiger partial charge in [-0.2, -0.15) is 0 Å². The summed E-state index contributed by atoms with van der Waals surface area (Å²) in [5.41, 5.74) is 1.03. The number of nitrogens with one attached hydrogen (secondary N) is 1. The molecule has 1 aromatic rings. The minimum Gasteiger partial charge on any atom is -0.387 e. The van der Waals surface area contributed by atoms with Crippen LogP contribution >= 0.6 is 0 Å². The van der Waals surface area contributed by atoms with E-state index in [1.54, 1.807) is 0 Å². The Morgan fingerprint density at radius 2 is 2.18 bits per heavy atom. The van der Waals surface area contributed by atoms with Crippen LogP contribution in [0.1, 0.15) is 43.3 Å². The molecule has 1 fully saturated rings. The van der Waals surface area contributed by atoms with Gasteiger partial charge in [-0.1, -0.05) is 0 Å². The Hall–Kier alpha value is -0.870. The van der Waals surface area contributed by atoms with E-state index >= 15 is 0 Å². The topological polar surface area (TPSA) is 50.1 Å². The molecule has 0 spiro atoms. The van der Waals surface area contributed by atoms with E-state index in [2.05, 4.69) is 14.9 Å². The van der Waals surface area contributed by atoms with E-state index in [-0.39, 0.29) is 6.10 Å². The van der Waals surface area contributed by atoms with Gasteiger partial charge in [-0.25, -0.2) is 4.98 Å². The maximum absolute atomic E-state index is 9.91. The summed E-state index contributed by atoms with van der Waals surface area (Å²) in [7, 11) is 0. The molecule has 0 saturated carbocycles. The highest BCUT2D eigenvalue weighted by molar-refractivity contribution is 5.11. The molecule has 3 rings (SSSR count). The number of nitrogens with zero attached hydrogens (tertiary/aromatic N) is 2. The SMILES string of the molecule is OC1CCCn2c1cnc2CC1CCNCC1. The van der Waals surface area contributed by atoms with Crippen molar-refractivity contribution >= 4 is 0 Å². The lowest BCUT2D eigenvalue weighted by molar-refractivity contribution is 0.138. The van der Waals surface area contributed by atoms with Crippen molar-refractivity contribution in [2.24, 2.45) is 5.92 Å². The van der Waals surface area contributed by atoms with Crippen molar-refractivity contribution in [3.63, 3.8) is 0 Å². The number of aliphatic hydroxyl groups excluding tert-OH is 1. The van der Waals surface area contributed by atoms with Crippen molar-refractivity contribution in [1.82, 2.24) is 14.9 Å². The summed E-state index contributed by atoms with van der Waals surface area (Å²) in [4.78, 5) is 4.52. The third kappa shape index (κ3) is 2.24. The van der Waals surface area contributed by atoms with E-state index in [0.717, 1.165) is 50.5 Å². The zero-order valence-electron chi connectivity index (χ0n) is 10.2. The lowest BCUT2D eigenvalue weighted by Crippen LogP contribution is -2.29. The van der Waals surface area contributed by atoms with Gasteiger partial charge >= 0.3 is 0 Å². The highest BCUT2D eigenvalue weighted by Gasteiger charge is 2.23. The summed E-state index contributed by atoms with van der Waals surface area (Å²) >= 11 is 0. The third-order valence-corrected chi connectivity index (χ3v) is 4.10. The molecule has 1 atom stereocenters. The first-order valence-electron chi connectivity index (χ1n) is 6.77. The Morgan fingerprint density at radius 1 is 1.35 bits per heavy atom. The quantitative estimate of drug-likeness (QED) is 0.811. The Labute approximate surface area is 102 Å². The lowest BCUT2D eigenvalue weighted by Gasteiger charge is -2.25. The molecular formula is C13H21N3O. The Balaban J connectivity index is 1.74. The molecule has 0 aliphatic carbocycles. The van der Waals surface area contributed by atoms with Gasteiger partial charge in [-0.15, -0.1) is 0 Å². The normalized spacial score (nSPS) is 25.8. The highest BCUT2D eigenvalue weighted by Crippen LogP contribution is 2.27. The largest absolute Gasteiger partial charge is 0.387 e. The molecule has 2 aliphatic rings. The second kappa shape index (κ2) is 4.78. The zero-order chi connectivity index (χ0) is 11.7. The van der Waals surface area contributed by atoms with Crippen LogP contribution in [-0.2, 0) is 13.0 Å². The monoisotopic (exact) mass is 235 g/mol. The standard InChI is InChI=1S/C13H21N3O/c17-12-2-1-7-16-11(12)9-15-13(16)8-10-3-5-14-6-4-10/h9-10,12,14,17H,1-8H2. The van der Waals surface area contributed by atoms with Gasteiger partial charge in [0.05, 0.1) is 18.0 Å². The van der Waals surface area contributed by atoms with Gasteiger partial charge in [0.25, 0.3) is 0 Å². The van der Waals surface area contributed by atoms with E-state index < -0.39 is 0 Å². The van der Waals surface area contributed by atoms with Crippen LogP contribution in [0.5, 0.6) is 0 Å². The van der Waals surface area contributed by atoms with Crippen LogP contribution in [-0.4, -0.2) is 27.7 Å². The van der Waals surface area contributed by atoms with Crippen LogP contribution in [0.3, 0.4) is 0 Å². The van der Waals surface area contributed by atoms with E-state index in [1.807, 2.05) is 6.20 Å². The molecule has 2 N–H and O–H groups in total. The molecule has 0 radical (unpaired) electrons. The first-order chi connectivity index (χ1) is 8.34. The summed E-state index contributed by atoms with van der Waals surface area (Å²) in [5.74, 6) is 1.95. The zero-order valence-corrected chi connectivity index (χ0v) is 10.2. The number of rotatable bonds is 2. The maximum Gasteiger partial charge on any atom is 0.109 e. The molecular weight excluding hydrogens is 214 g/mol. The summed E-state index contributed by atoms with van der Waals surface area (Å²) in [6, 6.07) is 0. The van der Waals surface area contributed by atoms with Gasteiger partial charge in [0, 0.05) is 13.0 Å². The fourth-order valence-electron chi connectivity index (χ4n) is 3.05. The molecule has 0 bridgehead atoms. The molecule has 1 unspecified atom stereocenters. The third-order valence-electron chi connectivity index (χ3n) is 4.10. The van der Waals surface area contributed by atoms with Crippen molar-refractivity contribution in [2.75, 3.05) is 13.1 Å². The average molecular weight is 235 g/mol. The van der Waals surface area contributed by atoms with E-state index in [4.69, 9.17) is 0 Å². The van der Waals surface area contributed by atoms with Crippen LogP contribution in [0.25, 0.3) is 0 Å². The number of aromatic nitrogens is 2. The molecule has 1 aromatic heterocycles. The highest BCUT2D eigenvalue weighted by atomic mass is 16.3. The number of imidazole rings is 1. The van der Waals surface area contributed by atoms with Crippen LogP contribution in [0, 0.1) is 5.92 Å². The lowest BCUT2D eigenvalue weighted by atomic mass is 9.94. The second-order valence-electron chi connectivity index (χ2n) is 5.31. The number of hydrogen-bond donors (Lipinski definition) is 2. The molecule has 3 heterocycles. The predicted molar refractivity (Wildman–Crippen MR) is 65.7 cm³/mol. The molecule has 17 heavy (non-hydrogen) atoms. The van der Waals surface area contributed by atoms with E-state index in [0.29, 0.717) is 0 Å². The van der Waals surface area contributed by atoms with Gasteiger partial charge in [0.2, 0.25) is 0 Å². The minimum absolute atomic E-state index is 0.293. The molecule has 4 heteroatoms. The molecule has 1 saturated heterocycles. The van der Waals surface area contributed by atoms with E-state index in [9.17, 15) is 5.11 Å². The molecule has 94 valence electrons. The summed E-state index contributed by atoms with van der Waals surface area (Å²) < 4.78 is 2.25. The molecule has 0 aromatic carbocycles. The molecule has 4 nitrogen and oxygen atoms in total. The Morgan fingerprint density at radius 3 is 3.00 bits per heavy atom. The minimum atomic E-state index is -0.293. The van der Waals surface area contributed by atoms with Crippen molar-refractivity contribution in [1.29, 1.82) is 0 Å². The fourth-order valence-corrected chi connectivity index (χ4v) is 3.05. The van der Waals surface area contributed by atoms with Crippen molar-refractivity contribution in [3.8, 4) is 0 Å². The number of hydrogen-bond acceptors (Lipinski definition) is 3. The summed E-state index contributed by atoms with van der Waals surface area (Å²) in [6.07, 6.45) is 7.13. The first-order valence-corrected chi connectivity index (χ1v) is 6.77. The average Bonchev–Trinajstić information content (AvgIpc) is 2.76. The second-order valence-corrected chi connectivity index (χ2v) is 5.31. The summed E-state index contributed by atoms with van der Waals surface area (Å²) in [5, 5.41) is 13.3. The van der Waals surface area contributed by atoms with Gasteiger partial charge in [-0.05, 0) is 44.7 Å². The number of fused-ring (bicyclic) bond motifs is 1. The van der Waals surface area contributed by atoms with Crippen molar-refractivity contribution in [2.45, 2.75) is 44.8 Å². The van der Waals surface area contributed by atoms with Gasteiger partial charge in [0.15, 0.2) is 0 Å². The number of aliphatic hydroxyl groups is 1. The number of piperidine rings is 1. The summed E-state index contributed by atoms with van der Waals surface area (Å²) in [6.45, 7) is 3.31. The van der Waals surface area contributed by atoms with Crippen LogP contribution in [0.4, 0.5) is 0 Å². The van der Waals surface area contributed by atoms with Gasteiger partial charge in [-0.3, -0.25) is 0 Å². The van der Waals surface area contributed by atoms with Crippen LogP contribution in [0.2, 0.25) is 0 Å². The van der Waals surface area contributed by atoms with Crippen LogP contribution in [0.15, 0.2) is 6.20 Å². The predicted octanol–water partition coefficient (Wildman–Crippen LogP) is 1.25. The molecule has 2 aliphatic heterocycles. The maximum atomic E-state index is 9.91. The Kier molecular flexibility index (Phi) is 3.16. The first kappa shape index (κ1) is 11.2.